The molecule has 0 aliphatic rings. The van der Waals surface area contributed by atoms with Crippen molar-refractivity contribution >= 4 is 28.5 Å². The number of aromatic nitrogens is 5. The monoisotopic (exact) mass is 505 g/mol. The molecule has 0 saturated carbocycles. The number of para-hydroxylation sites is 1. The molecule has 3 heterocycles. The van der Waals surface area contributed by atoms with Crippen molar-refractivity contribution in [2.75, 3.05) is 7.11 Å². The number of hydrogen-bond acceptors (Lipinski definition) is 6. The summed E-state index contributed by atoms with van der Waals surface area (Å²) in [5.74, 6) is -0.0294. The van der Waals surface area contributed by atoms with Crippen molar-refractivity contribution in [3.63, 3.8) is 0 Å². The molecule has 5 rings (SSSR count). The number of ether oxygens (including phenoxy) is 1. The number of unbranched alkanes of at least 4 members (excludes halogenated alkanes) is 1. The number of hydrogen-bond donors (Lipinski definition) is 1. The van der Waals surface area contributed by atoms with Gasteiger partial charge in [0.05, 0.1) is 24.9 Å². The summed E-state index contributed by atoms with van der Waals surface area (Å²) < 4.78 is 13.6. The average molecular weight is 506 g/mol. The Morgan fingerprint density at radius 3 is 2.75 bits per heavy atom. The number of carbonyl (C=O) groups is 1. The summed E-state index contributed by atoms with van der Waals surface area (Å²) in [5.41, 5.74) is 3.76. The van der Waals surface area contributed by atoms with E-state index in [1.807, 2.05) is 63.9 Å². The van der Waals surface area contributed by atoms with Crippen LogP contribution in [0.5, 0.6) is 0 Å². The second kappa shape index (κ2) is 9.87. The molecule has 5 aromatic rings. The number of aryl methyl sites for hydroxylation is 1. The number of fused-ring (bicyclic) bond motifs is 1. The molecule has 0 aliphatic heterocycles. The molecule has 0 bridgehead atoms. The first-order valence-corrected chi connectivity index (χ1v) is 12.0. The molecular weight excluding hydrogens is 482 g/mol. The van der Waals surface area contributed by atoms with Crippen LogP contribution in [-0.4, -0.2) is 37.3 Å². The molecule has 36 heavy (non-hydrogen) atoms. The van der Waals surface area contributed by atoms with Gasteiger partial charge in [-0.25, -0.2) is 14.6 Å². The molecule has 1 N–H and O–H groups in total. The Bertz CT molecular complexity index is 1610. The molecule has 0 radical (unpaired) electrons. The predicted octanol–water partition coefficient (Wildman–Crippen LogP) is 5.00. The highest BCUT2D eigenvalue weighted by molar-refractivity contribution is 6.32. The fourth-order valence-corrected chi connectivity index (χ4v) is 4.71. The van der Waals surface area contributed by atoms with Crippen LogP contribution in [0.25, 0.3) is 28.0 Å². The largest absolute Gasteiger partial charge is 0.464 e. The Labute approximate surface area is 211 Å². The van der Waals surface area contributed by atoms with Crippen LogP contribution in [0.15, 0.2) is 64.0 Å². The lowest BCUT2D eigenvalue weighted by Gasteiger charge is -2.13. The van der Waals surface area contributed by atoms with Crippen molar-refractivity contribution < 1.29 is 14.1 Å². The van der Waals surface area contributed by atoms with Gasteiger partial charge in [0.2, 0.25) is 0 Å². The molecular formula is C26H24ClN5O4. The minimum Gasteiger partial charge on any atom is -0.464 e. The SMILES string of the molecule is CCCCc1nc(Cl)c(C(=O)OC)n1Cc1cccc2c1ccn2-c1ccccc1-c1noc(=O)[nH]1. The van der Waals surface area contributed by atoms with E-state index < -0.39 is 11.7 Å². The summed E-state index contributed by atoms with van der Waals surface area (Å²) in [6.07, 6.45) is 4.58. The zero-order valence-corrected chi connectivity index (χ0v) is 20.6. The van der Waals surface area contributed by atoms with Crippen molar-refractivity contribution in [2.24, 2.45) is 0 Å². The van der Waals surface area contributed by atoms with E-state index in [2.05, 4.69) is 22.0 Å². The Kier molecular flexibility index (Phi) is 6.47. The van der Waals surface area contributed by atoms with Crippen LogP contribution < -0.4 is 5.76 Å². The maximum Gasteiger partial charge on any atom is 0.439 e. The molecule has 2 aromatic carbocycles. The van der Waals surface area contributed by atoms with Crippen LogP contribution in [0, 0.1) is 0 Å². The lowest BCUT2D eigenvalue weighted by Crippen LogP contribution is -2.14. The van der Waals surface area contributed by atoms with Gasteiger partial charge in [-0.3, -0.25) is 9.51 Å². The highest BCUT2D eigenvalue weighted by atomic mass is 35.5. The average Bonchev–Trinajstić information content (AvgIpc) is 3.60. The first kappa shape index (κ1) is 23.6. The number of benzene rings is 2. The molecule has 9 nitrogen and oxygen atoms in total. The van der Waals surface area contributed by atoms with Gasteiger partial charge in [-0.2, -0.15) is 0 Å². The summed E-state index contributed by atoms with van der Waals surface area (Å²) in [5, 5.41) is 5.01. The van der Waals surface area contributed by atoms with Crippen LogP contribution in [0.3, 0.4) is 0 Å². The van der Waals surface area contributed by atoms with Gasteiger partial charge >= 0.3 is 11.7 Å². The van der Waals surface area contributed by atoms with Gasteiger partial charge in [-0.05, 0) is 36.2 Å². The van der Waals surface area contributed by atoms with Crippen LogP contribution >= 0.6 is 11.6 Å². The Morgan fingerprint density at radius 2 is 2.00 bits per heavy atom. The van der Waals surface area contributed by atoms with E-state index in [1.165, 1.54) is 7.11 Å². The van der Waals surface area contributed by atoms with E-state index in [0.29, 0.717) is 18.8 Å². The molecule has 10 heteroatoms. The number of nitrogens with zero attached hydrogens (tertiary/aromatic N) is 4. The topological polar surface area (TPSA) is 108 Å². The lowest BCUT2D eigenvalue weighted by atomic mass is 10.1. The molecule has 184 valence electrons. The van der Waals surface area contributed by atoms with Gasteiger partial charge in [-0.1, -0.05) is 54.4 Å². The van der Waals surface area contributed by atoms with Gasteiger partial charge in [0, 0.05) is 23.6 Å². The van der Waals surface area contributed by atoms with Crippen LogP contribution in [-0.2, 0) is 17.7 Å². The van der Waals surface area contributed by atoms with Crippen LogP contribution in [0.4, 0.5) is 0 Å². The third-order valence-electron chi connectivity index (χ3n) is 6.15. The summed E-state index contributed by atoms with van der Waals surface area (Å²) >= 11 is 6.37. The van der Waals surface area contributed by atoms with E-state index in [-0.39, 0.29) is 10.8 Å². The molecule has 0 aliphatic carbocycles. The lowest BCUT2D eigenvalue weighted by molar-refractivity contribution is 0.0589. The number of nitrogens with one attached hydrogen (secondary N) is 1. The van der Waals surface area contributed by atoms with Gasteiger partial charge < -0.3 is 13.9 Å². The van der Waals surface area contributed by atoms with Crippen molar-refractivity contribution in [2.45, 2.75) is 32.7 Å². The fraction of sp³-hybridized carbons (Fsp3) is 0.231. The Balaban J connectivity index is 1.61. The zero-order valence-electron chi connectivity index (χ0n) is 19.8. The molecule has 0 unspecified atom stereocenters. The maximum absolute atomic E-state index is 12.5. The Morgan fingerprint density at radius 1 is 1.17 bits per heavy atom. The molecule has 3 aromatic heterocycles. The third-order valence-corrected chi connectivity index (χ3v) is 6.41. The number of methoxy groups -OCH3 is 1. The maximum atomic E-state index is 12.5. The van der Waals surface area contributed by atoms with Crippen molar-refractivity contribution in [3.05, 3.63) is 87.5 Å². The van der Waals surface area contributed by atoms with Gasteiger partial charge in [0.1, 0.15) is 5.82 Å². The smallest absolute Gasteiger partial charge is 0.439 e. The van der Waals surface area contributed by atoms with Crippen LogP contribution in [0.1, 0.15) is 41.6 Å². The molecule has 0 atom stereocenters. The van der Waals surface area contributed by atoms with E-state index in [4.69, 9.17) is 20.9 Å². The quantitative estimate of drug-likeness (QED) is 0.297. The first-order chi connectivity index (χ1) is 17.5. The van der Waals surface area contributed by atoms with E-state index in [9.17, 15) is 9.59 Å². The number of aromatic amines is 1. The molecule has 0 spiro atoms. The summed E-state index contributed by atoms with van der Waals surface area (Å²) in [4.78, 5) is 31.2. The summed E-state index contributed by atoms with van der Waals surface area (Å²) in [6.45, 7) is 2.51. The second-order valence-corrected chi connectivity index (χ2v) is 8.70. The standard InChI is InChI=1S/C26H24ClN5O4/c1-3-4-12-21-28-23(27)22(25(33)35-2)32(21)15-16-8-7-11-19-17(16)13-14-31(19)20-10-6-5-9-18(20)24-29-26(34)36-30-24/h5-11,13-14H,3-4,12,15H2,1-2H3,(H,29,30,34). The second-order valence-electron chi connectivity index (χ2n) is 8.35. The minimum atomic E-state index is -0.612. The number of carbonyl (C=O) groups excluding carboxylic acids is 1. The molecule has 0 saturated heterocycles. The van der Waals surface area contributed by atoms with Gasteiger partial charge in [0.15, 0.2) is 16.7 Å². The number of rotatable bonds is 8. The minimum absolute atomic E-state index is 0.147. The number of imidazole rings is 1. The normalized spacial score (nSPS) is 11.3. The third kappa shape index (κ3) is 4.22. The van der Waals surface area contributed by atoms with Crippen molar-refractivity contribution in [1.29, 1.82) is 0 Å². The zero-order chi connectivity index (χ0) is 25.2. The first-order valence-electron chi connectivity index (χ1n) is 11.6. The van der Waals surface area contributed by atoms with Gasteiger partial charge in [-0.15, -0.1) is 0 Å². The summed E-state index contributed by atoms with van der Waals surface area (Å²) in [7, 11) is 1.34. The highest BCUT2D eigenvalue weighted by Gasteiger charge is 2.23. The van der Waals surface area contributed by atoms with Crippen molar-refractivity contribution in [3.8, 4) is 17.1 Å². The van der Waals surface area contributed by atoms with E-state index in [0.717, 1.165) is 46.4 Å². The molecule has 0 fully saturated rings. The number of H-pyrrole nitrogens is 1. The number of esters is 1. The fourth-order valence-electron chi connectivity index (χ4n) is 4.43. The Hall–Kier alpha value is -4.11. The highest BCUT2D eigenvalue weighted by Crippen LogP contribution is 2.30. The van der Waals surface area contributed by atoms with E-state index >= 15 is 0 Å². The van der Waals surface area contributed by atoms with Crippen molar-refractivity contribution in [1.82, 2.24) is 24.3 Å². The molecule has 0 amide bonds. The van der Waals surface area contributed by atoms with Gasteiger partial charge in [0.25, 0.3) is 0 Å². The summed E-state index contributed by atoms with van der Waals surface area (Å²) in [6, 6.07) is 15.6. The predicted molar refractivity (Wildman–Crippen MR) is 136 cm³/mol. The number of halogens is 1. The van der Waals surface area contributed by atoms with E-state index in [1.54, 1.807) is 0 Å². The van der Waals surface area contributed by atoms with Crippen LogP contribution in [0.2, 0.25) is 5.15 Å².